The summed E-state index contributed by atoms with van der Waals surface area (Å²) in [6.45, 7) is 1.34. The van der Waals surface area contributed by atoms with Crippen LogP contribution in [0.5, 0.6) is 11.5 Å². The molecule has 10 heteroatoms. The van der Waals surface area contributed by atoms with E-state index in [-0.39, 0.29) is 52.6 Å². The standard InChI is InChI=1S/C22H20FN3O5.ClH/c1-31-21-18-15(7-17(23)19(21)25-9-11-6-13(25)8-24-11)20(28)16(22(29)30)10-26(18)12-2-4-14(27)5-3-12;/h2-5,7,10-11,13,24,27H,6,8-9H2,1H3,(H,29,30);1H/t11-,13-;/m0./s1. The molecule has 8 nitrogen and oxygen atoms in total. The lowest BCUT2D eigenvalue weighted by Crippen LogP contribution is -2.44. The van der Waals surface area contributed by atoms with Crippen LogP contribution in [0, 0.1) is 5.82 Å². The molecular weight excluding hydrogens is 441 g/mol. The third-order valence-corrected chi connectivity index (χ3v) is 6.08. The SMILES string of the molecule is COc1c(N2C[C@@H]3C[C@H]2CN3)c(F)cc2c(=O)c(C(=O)O)cn(-c3ccc(O)cc3)c12.Cl. The molecule has 2 aliphatic heterocycles. The van der Waals surface area contributed by atoms with Crippen LogP contribution in [0.3, 0.4) is 0 Å². The van der Waals surface area contributed by atoms with Gasteiger partial charge in [0.15, 0.2) is 11.6 Å². The average molecular weight is 462 g/mol. The molecule has 3 aromatic rings. The highest BCUT2D eigenvalue weighted by Crippen LogP contribution is 2.42. The molecule has 0 amide bonds. The van der Waals surface area contributed by atoms with Crippen LogP contribution in [0.25, 0.3) is 16.6 Å². The molecule has 0 saturated carbocycles. The molecule has 0 spiro atoms. The van der Waals surface area contributed by atoms with Crippen LogP contribution in [-0.2, 0) is 0 Å². The molecule has 168 valence electrons. The maximum atomic E-state index is 15.4. The van der Waals surface area contributed by atoms with Crippen LogP contribution in [0.1, 0.15) is 16.8 Å². The smallest absolute Gasteiger partial charge is 0.341 e. The third-order valence-electron chi connectivity index (χ3n) is 6.08. The molecule has 0 unspecified atom stereocenters. The maximum absolute atomic E-state index is 15.4. The third kappa shape index (κ3) is 3.25. The molecule has 0 aliphatic carbocycles. The largest absolute Gasteiger partial charge is 0.508 e. The molecule has 5 rings (SSSR count). The molecular formula is C22H21ClFN3O5. The summed E-state index contributed by atoms with van der Waals surface area (Å²) in [6.07, 6.45) is 2.10. The molecule has 2 aliphatic rings. The monoisotopic (exact) mass is 461 g/mol. The molecule has 2 fully saturated rings. The number of rotatable bonds is 4. The Kier molecular flexibility index (Phi) is 5.47. The number of phenols is 1. The second-order valence-corrected chi connectivity index (χ2v) is 7.85. The number of nitrogens with zero attached hydrogens (tertiary/aromatic N) is 2. The summed E-state index contributed by atoms with van der Waals surface area (Å²) in [5.41, 5.74) is -0.245. The molecule has 32 heavy (non-hydrogen) atoms. The topological polar surface area (TPSA) is 104 Å². The van der Waals surface area contributed by atoms with E-state index < -0.39 is 22.8 Å². The van der Waals surface area contributed by atoms with Gasteiger partial charge in [-0.1, -0.05) is 0 Å². The number of piperazine rings is 1. The molecule has 0 radical (unpaired) electrons. The first-order chi connectivity index (χ1) is 14.9. The van der Waals surface area contributed by atoms with Crippen molar-refractivity contribution < 1.29 is 24.1 Å². The van der Waals surface area contributed by atoms with Crippen molar-refractivity contribution >= 4 is 35.0 Å². The quantitative estimate of drug-likeness (QED) is 0.548. The lowest BCUT2D eigenvalue weighted by molar-refractivity contribution is 0.0695. The maximum Gasteiger partial charge on any atom is 0.341 e. The van der Waals surface area contributed by atoms with Gasteiger partial charge in [-0.3, -0.25) is 4.79 Å². The summed E-state index contributed by atoms with van der Waals surface area (Å²) in [5, 5.41) is 22.5. The van der Waals surface area contributed by atoms with Crippen LogP contribution in [0.15, 0.2) is 41.3 Å². The molecule has 2 atom stereocenters. The van der Waals surface area contributed by atoms with Crippen molar-refractivity contribution in [1.29, 1.82) is 0 Å². The van der Waals surface area contributed by atoms with Crippen LogP contribution in [0.4, 0.5) is 10.1 Å². The van der Waals surface area contributed by atoms with E-state index in [0.717, 1.165) is 19.0 Å². The van der Waals surface area contributed by atoms with Crippen molar-refractivity contribution in [3.05, 3.63) is 58.1 Å². The predicted molar refractivity (Wildman–Crippen MR) is 119 cm³/mol. The number of benzene rings is 2. The van der Waals surface area contributed by atoms with Gasteiger partial charge in [-0.2, -0.15) is 0 Å². The Morgan fingerprint density at radius 2 is 2.00 bits per heavy atom. The van der Waals surface area contributed by atoms with Crippen LogP contribution < -0.4 is 20.4 Å². The number of ether oxygens (including phenoxy) is 1. The first-order valence-electron chi connectivity index (χ1n) is 9.87. The number of hydrogen-bond acceptors (Lipinski definition) is 6. The summed E-state index contributed by atoms with van der Waals surface area (Å²) in [5.74, 6) is -1.84. The zero-order valence-corrected chi connectivity index (χ0v) is 17.9. The number of aromatic nitrogens is 1. The number of carbonyl (C=O) groups is 1. The number of halogens is 2. The van der Waals surface area contributed by atoms with Gasteiger partial charge in [0.1, 0.15) is 22.5 Å². The molecule has 3 N–H and O–H groups in total. The van der Waals surface area contributed by atoms with Crippen LogP contribution in [0.2, 0.25) is 0 Å². The van der Waals surface area contributed by atoms with E-state index in [1.165, 1.54) is 30.0 Å². The van der Waals surface area contributed by atoms with Gasteiger partial charge >= 0.3 is 5.97 Å². The van der Waals surface area contributed by atoms with Crippen molar-refractivity contribution in [3.8, 4) is 17.2 Å². The molecule has 2 bridgehead atoms. The van der Waals surface area contributed by atoms with Gasteiger partial charge in [0.2, 0.25) is 5.43 Å². The number of pyridine rings is 1. The Balaban J connectivity index is 0.00000245. The van der Waals surface area contributed by atoms with Crippen molar-refractivity contribution in [1.82, 2.24) is 9.88 Å². The number of fused-ring (bicyclic) bond motifs is 3. The Labute approximate surface area is 188 Å². The number of phenolic OH excluding ortho intramolecular Hbond substituents is 1. The van der Waals surface area contributed by atoms with Crippen molar-refractivity contribution in [2.45, 2.75) is 18.5 Å². The number of anilines is 1. The zero-order chi connectivity index (χ0) is 21.9. The number of hydrogen-bond donors (Lipinski definition) is 3. The van der Waals surface area contributed by atoms with Gasteiger partial charge in [-0.05, 0) is 36.8 Å². The number of carboxylic acids is 1. The Hall–Kier alpha value is -3.30. The van der Waals surface area contributed by atoms with Gasteiger partial charge in [0.25, 0.3) is 0 Å². The highest BCUT2D eigenvalue weighted by molar-refractivity contribution is 5.98. The first kappa shape index (κ1) is 21.9. The van der Waals surface area contributed by atoms with E-state index in [9.17, 15) is 19.8 Å². The van der Waals surface area contributed by atoms with Crippen molar-refractivity contribution in [2.75, 3.05) is 25.1 Å². The highest BCUT2D eigenvalue weighted by atomic mass is 35.5. The number of nitrogens with one attached hydrogen (secondary N) is 1. The van der Waals surface area contributed by atoms with E-state index in [1.807, 2.05) is 4.90 Å². The van der Waals surface area contributed by atoms with Gasteiger partial charge in [0, 0.05) is 37.1 Å². The first-order valence-corrected chi connectivity index (χ1v) is 9.87. The van der Waals surface area contributed by atoms with Gasteiger partial charge in [-0.25, -0.2) is 9.18 Å². The van der Waals surface area contributed by atoms with Crippen LogP contribution >= 0.6 is 12.4 Å². The fraction of sp³-hybridized carbons (Fsp3) is 0.273. The minimum Gasteiger partial charge on any atom is -0.508 e. The fourth-order valence-corrected chi connectivity index (χ4v) is 4.68. The fourth-order valence-electron chi connectivity index (χ4n) is 4.68. The van der Waals surface area contributed by atoms with E-state index in [4.69, 9.17) is 4.74 Å². The Morgan fingerprint density at radius 1 is 1.28 bits per heavy atom. The Bertz CT molecular complexity index is 1280. The summed E-state index contributed by atoms with van der Waals surface area (Å²) in [4.78, 5) is 26.6. The zero-order valence-electron chi connectivity index (χ0n) is 17.0. The molecule has 2 aromatic carbocycles. The lowest BCUT2D eigenvalue weighted by atomic mass is 10.1. The number of aromatic carboxylic acids is 1. The lowest BCUT2D eigenvalue weighted by Gasteiger charge is -2.31. The molecule has 2 saturated heterocycles. The summed E-state index contributed by atoms with van der Waals surface area (Å²) in [6, 6.07) is 7.52. The molecule has 3 heterocycles. The van der Waals surface area contributed by atoms with Crippen LogP contribution in [-0.4, -0.2) is 53.0 Å². The van der Waals surface area contributed by atoms with E-state index in [0.29, 0.717) is 12.2 Å². The minimum atomic E-state index is -1.41. The van der Waals surface area contributed by atoms with Gasteiger partial charge < -0.3 is 29.7 Å². The minimum absolute atomic E-state index is 0. The second kappa shape index (κ2) is 7.99. The average Bonchev–Trinajstić information content (AvgIpc) is 3.37. The summed E-state index contributed by atoms with van der Waals surface area (Å²) < 4.78 is 22.5. The van der Waals surface area contributed by atoms with E-state index >= 15 is 4.39 Å². The Morgan fingerprint density at radius 3 is 2.56 bits per heavy atom. The second-order valence-electron chi connectivity index (χ2n) is 7.85. The van der Waals surface area contributed by atoms with E-state index in [1.54, 1.807) is 12.1 Å². The number of carboxylic acid groups (broad SMARTS) is 1. The summed E-state index contributed by atoms with van der Waals surface area (Å²) in [7, 11) is 1.40. The highest BCUT2D eigenvalue weighted by Gasteiger charge is 2.40. The molecule has 1 aromatic heterocycles. The van der Waals surface area contributed by atoms with Crippen molar-refractivity contribution in [3.63, 3.8) is 0 Å². The van der Waals surface area contributed by atoms with Gasteiger partial charge in [-0.15, -0.1) is 12.4 Å². The number of methoxy groups -OCH3 is 1. The van der Waals surface area contributed by atoms with Crippen molar-refractivity contribution in [2.24, 2.45) is 0 Å². The normalized spacial score (nSPS) is 19.2. The predicted octanol–water partition coefficient (Wildman–Crippen LogP) is 2.51. The summed E-state index contributed by atoms with van der Waals surface area (Å²) >= 11 is 0. The number of aromatic hydroxyl groups is 1. The van der Waals surface area contributed by atoms with Gasteiger partial charge in [0.05, 0.1) is 12.5 Å². The van der Waals surface area contributed by atoms with E-state index in [2.05, 4.69) is 5.32 Å².